The molecule has 1 saturated heterocycles. The minimum Gasteiger partial charge on any atom is -0.326 e. The highest BCUT2D eigenvalue weighted by molar-refractivity contribution is 6.30. The Bertz CT molecular complexity index is 753. The maximum absolute atomic E-state index is 11.3. The van der Waals surface area contributed by atoms with Crippen molar-refractivity contribution in [2.45, 2.75) is 38.5 Å². The predicted molar refractivity (Wildman–Crippen MR) is 109 cm³/mol. The van der Waals surface area contributed by atoms with Gasteiger partial charge in [-0.1, -0.05) is 42.8 Å². The number of nitrogens with zero attached hydrogens (tertiary/aromatic N) is 1. The number of benzene rings is 2. The maximum Gasteiger partial charge on any atom is 0.221 e. The molecule has 26 heavy (non-hydrogen) atoms. The molecule has 0 aromatic heterocycles. The number of piperidine rings is 1. The van der Waals surface area contributed by atoms with Crippen molar-refractivity contribution in [1.29, 1.82) is 0 Å². The molecule has 4 heteroatoms. The molecule has 0 spiro atoms. The van der Waals surface area contributed by atoms with Gasteiger partial charge in [-0.05, 0) is 73.2 Å². The molecule has 1 atom stereocenters. The fraction of sp³-hybridized carbons (Fsp3) is 0.409. The SMILES string of the molecule is CC(=O)Nc1cccc(C2CCN(CC(C)c3cccc(Cl)c3)CC2)c1. The van der Waals surface area contributed by atoms with E-state index in [9.17, 15) is 4.79 Å². The van der Waals surface area contributed by atoms with Gasteiger partial charge in [0.1, 0.15) is 0 Å². The summed E-state index contributed by atoms with van der Waals surface area (Å²) >= 11 is 6.12. The van der Waals surface area contributed by atoms with Crippen LogP contribution in [-0.2, 0) is 4.79 Å². The Labute approximate surface area is 161 Å². The number of anilines is 1. The molecular weight excluding hydrogens is 344 g/mol. The molecule has 2 aromatic carbocycles. The zero-order valence-electron chi connectivity index (χ0n) is 15.5. The Morgan fingerprint density at radius 3 is 2.62 bits per heavy atom. The largest absolute Gasteiger partial charge is 0.326 e. The van der Waals surface area contributed by atoms with Crippen LogP contribution in [0.2, 0.25) is 5.02 Å². The highest BCUT2D eigenvalue weighted by Gasteiger charge is 2.22. The van der Waals surface area contributed by atoms with Gasteiger partial charge in [-0.2, -0.15) is 0 Å². The molecule has 0 bridgehead atoms. The average Bonchev–Trinajstić information content (AvgIpc) is 2.62. The van der Waals surface area contributed by atoms with Gasteiger partial charge in [0.05, 0.1) is 0 Å². The second-order valence-electron chi connectivity index (χ2n) is 7.34. The van der Waals surface area contributed by atoms with E-state index >= 15 is 0 Å². The van der Waals surface area contributed by atoms with Crippen LogP contribution in [0.4, 0.5) is 5.69 Å². The summed E-state index contributed by atoms with van der Waals surface area (Å²) in [6, 6.07) is 16.5. The van der Waals surface area contributed by atoms with E-state index in [0.29, 0.717) is 11.8 Å². The number of hydrogen-bond acceptors (Lipinski definition) is 2. The summed E-state index contributed by atoms with van der Waals surface area (Å²) in [5, 5.41) is 3.69. The molecule has 1 aliphatic heterocycles. The van der Waals surface area contributed by atoms with Crippen LogP contribution < -0.4 is 5.32 Å². The van der Waals surface area contributed by atoms with Crippen LogP contribution in [-0.4, -0.2) is 30.4 Å². The van der Waals surface area contributed by atoms with Gasteiger partial charge in [-0.25, -0.2) is 0 Å². The second kappa shape index (κ2) is 8.70. The average molecular weight is 371 g/mol. The Hall–Kier alpha value is -1.84. The van der Waals surface area contributed by atoms with E-state index in [1.165, 1.54) is 11.1 Å². The van der Waals surface area contributed by atoms with Crippen molar-refractivity contribution >= 4 is 23.2 Å². The van der Waals surface area contributed by atoms with E-state index in [1.54, 1.807) is 6.92 Å². The summed E-state index contributed by atoms with van der Waals surface area (Å²) in [4.78, 5) is 13.8. The second-order valence-corrected chi connectivity index (χ2v) is 7.77. The fourth-order valence-corrected chi connectivity index (χ4v) is 4.03. The Morgan fingerprint density at radius 1 is 1.19 bits per heavy atom. The monoisotopic (exact) mass is 370 g/mol. The first-order valence-electron chi connectivity index (χ1n) is 9.36. The lowest BCUT2D eigenvalue weighted by molar-refractivity contribution is -0.114. The van der Waals surface area contributed by atoms with Crippen LogP contribution >= 0.6 is 11.6 Å². The van der Waals surface area contributed by atoms with E-state index in [1.807, 2.05) is 24.3 Å². The van der Waals surface area contributed by atoms with Crippen LogP contribution in [0.25, 0.3) is 0 Å². The van der Waals surface area contributed by atoms with Crippen molar-refractivity contribution in [2.75, 3.05) is 25.0 Å². The molecule has 3 nitrogen and oxygen atoms in total. The summed E-state index contributed by atoms with van der Waals surface area (Å²) in [6.07, 6.45) is 2.32. The van der Waals surface area contributed by atoms with E-state index < -0.39 is 0 Å². The van der Waals surface area contributed by atoms with Gasteiger partial charge >= 0.3 is 0 Å². The molecule has 1 amide bonds. The predicted octanol–water partition coefficient (Wildman–Crippen LogP) is 5.28. The highest BCUT2D eigenvalue weighted by Crippen LogP contribution is 2.30. The lowest BCUT2D eigenvalue weighted by Gasteiger charge is -2.34. The van der Waals surface area contributed by atoms with Crippen LogP contribution in [0.5, 0.6) is 0 Å². The van der Waals surface area contributed by atoms with Crippen molar-refractivity contribution in [3.8, 4) is 0 Å². The van der Waals surface area contributed by atoms with Crippen LogP contribution in [0.15, 0.2) is 48.5 Å². The number of amides is 1. The normalized spacial score (nSPS) is 17.0. The molecule has 3 rings (SSSR count). The first kappa shape index (κ1) is 18.9. The smallest absolute Gasteiger partial charge is 0.221 e. The molecule has 1 heterocycles. The number of carbonyl (C=O) groups is 1. The van der Waals surface area contributed by atoms with Gasteiger partial charge in [0.25, 0.3) is 0 Å². The van der Waals surface area contributed by atoms with Gasteiger partial charge in [-0.3, -0.25) is 4.79 Å². The van der Waals surface area contributed by atoms with Crippen molar-refractivity contribution in [3.63, 3.8) is 0 Å². The van der Waals surface area contributed by atoms with E-state index in [4.69, 9.17) is 11.6 Å². The molecule has 0 radical (unpaired) electrons. The number of rotatable bonds is 5. The van der Waals surface area contributed by atoms with Crippen molar-refractivity contribution in [1.82, 2.24) is 4.90 Å². The highest BCUT2D eigenvalue weighted by atomic mass is 35.5. The van der Waals surface area contributed by atoms with Crippen LogP contribution in [0.3, 0.4) is 0 Å². The van der Waals surface area contributed by atoms with E-state index in [-0.39, 0.29) is 5.91 Å². The maximum atomic E-state index is 11.3. The molecule has 1 aliphatic rings. The minimum absolute atomic E-state index is 0.0213. The quantitative estimate of drug-likeness (QED) is 0.776. The lowest BCUT2D eigenvalue weighted by atomic mass is 9.88. The Balaban J connectivity index is 1.55. The number of nitrogens with one attached hydrogen (secondary N) is 1. The van der Waals surface area contributed by atoms with Gasteiger partial charge in [-0.15, -0.1) is 0 Å². The van der Waals surface area contributed by atoms with Crippen molar-refractivity contribution < 1.29 is 4.79 Å². The van der Waals surface area contributed by atoms with Crippen molar-refractivity contribution in [3.05, 3.63) is 64.7 Å². The molecule has 2 aromatic rings. The third kappa shape index (κ3) is 5.09. The van der Waals surface area contributed by atoms with Crippen LogP contribution in [0, 0.1) is 0 Å². The molecule has 138 valence electrons. The molecule has 0 saturated carbocycles. The van der Waals surface area contributed by atoms with Gasteiger partial charge in [0.15, 0.2) is 0 Å². The zero-order valence-corrected chi connectivity index (χ0v) is 16.3. The first-order chi connectivity index (χ1) is 12.5. The van der Waals surface area contributed by atoms with Crippen molar-refractivity contribution in [2.24, 2.45) is 0 Å². The summed E-state index contributed by atoms with van der Waals surface area (Å²) in [7, 11) is 0. The van der Waals surface area contributed by atoms with Gasteiger partial charge < -0.3 is 10.2 Å². The zero-order chi connectivity index (χ0) is 18.5. The Morgan fingerprint density at radius 2 is 1.92 bits per heavy atom. The summed E-state index contributed by atoms with van der Waals surface area (Å²) in [5.41, 5.74) is 3.54. The molecule has 0 aliphatic carbocycles. The first-order valence-corrected chi connectivity index (χ1v) is 9.74. The molecular formula is C22H27ClN2O. The van der Waals surface area contributed by atoms with E-state index in [0.717, 1.165) is 43.2 Å². The summed E-state index contributed by atoms with van der Waals surface area (Å²) < 4.78 is 0. The minimum atomic E-state index is -0.0213. The summed E-state index contributed by atoms with van der Waals surface area (Å²) in [5.74, 6) is 1.03. The lowest BCUT2D eigenvalue weighted by Crippen LogP contribution is -2.35. The number of likely N-dealkylation sites (tertiary alicyclic amines) is 1. The molecule has 1 N–H and O–H groups in total. The third-order valence-corrected chi connectivity index (χ3v) is 5.45. The van der Waals surface area contributed by atoms with E-state index in [2.05, 4.69) is 41.4 Å². The molecule has 1 fully saturated rings. The standard InChI is InChI=1S/C22H27ClN2O/c1-16(19-5-3-7-21(23)13-19)15-25-11-9-18(10-12-25)20-6-4-8-22(14-20)24-17(2)26/h3-8,13-14,16,18H,9-12,15H2,1-2H3,(H,24,26). The number of halogens is 1. The number of carbonyl (C=O) groups excluding carboxylic acids is 1. The Kier molecular flexibility index (Phi) is 6.33. The van der Waals surface area contributed by atoms with Gasteiger partial charge in [0, 0.05) is 24.2 Å². The topological polar surface area (TPSA) is 32.3 Å². The molecule has 1 unspecified atom stereocenters. The third-order valence-electron chi connectivity index (χ3n) is 5.22. The fourth-order valence-electron chi connectivity index (χ4n) is 3.83. The van der Waals surface area contributed by atoms with Crippen LogP contribution in [0.1, 0.15) is 49.7 Å². The van der Waals surface area contributed by atoms with Gasteiger partial charge in [0.2, 0.25) is 5.91 Å². The number of hydrogen-bond donors (Lipinski definition) is 1. The summed E-state index contributed by atoms with van der Waals surface area (Å²) in [6.45, 7) is 7.11.